The molecule has 0 atom stereocenters. The molecule has 0 unspecified atom stereocenters. The minimum absolute atomic E-state index is 0.945. The van der Waals surface area contributed by atoms with Crippen LogP contribution in [-0.2, 0) is 0 Å². The van der Waals surface area contributed by atoms with Crippen molar-refractivity contribution in [1.29, 1.82) is 0 Å². The molecule has 3 heterocycles. The highest BCUT2D eigenvalue weighted by Gasteiger charge is 2.19. The normalized spacial score (nSPS) is 15.8. The van der Waals surface area contributed by atoms with Crippen LogP contribution in [0.4, 0.5) is 5.82 Å². The van der Waals surface area contributed by atoms with Crippen LogP contribution < -0.4 is 4.90 Å². The smallest absolute Gasteiger partial charge is 0.137 e. The van der Waals surface area contributed by atoms with Crippen molar-refractivity contribution in [2.45, 2.75) is 6.92 Å². The molecule has 3 aromatic rings. The predicted octanol–water partition coefficient (Wildman–Crippen LogP) is 3.94. The average molecular weight is 344 g/mol. The molecule has 0 spiro atoms. The second-order valence-electron chi connectivity index (χ2n) is 6.60. The van der Waals surface area contributed by atoms with E-state index in [-0.39, 0.29) is 0 Å². The molecule has 1 saturated heterocycles. The summed E-state index contributed by atoms with van der Waals surface area (Å²) in [5.74, 6) is 1.10. The summed E-state index contributed by atoms with van der Waals surface area (Å²) < 4.78 is 0. The van der Waals surface area contributed by atoms with Gasteiger partial charge in [0, 0.05) is 37.8 Å². The van der Waals surface area contributed by atoms with E-state index in [0.29, 0.717) is 0 Å². The van der Waals surface area contributed by atoms with Crippen molar-refractivity contribution in [2.75, 3.05) is 37.6 Å². The Bertz CT molecular complexity index is 896. The second-order valence-corrected chi connectivity index (χ2v) is 6.60. The van der Waals surface area contributed by atoms with Crippen molar-refractivity contribution < 1.29 is 0 Å². The Morgan fingerprint density at radius 3 is 2.46 bits per heavy atom. The fourth-order valence-electron chi connectivity index (χ4n) is 3.45. The van der Waals surface area contributed by atoms with Gasteiger partial charge in [0.1, 0.15) is 5.82 Å². The fourth-order valence-corrected chi connectivity index (χ4v) is 3.45. The molecule has 26 heavy (non-hydrogen) atoms. The van der Waals surface area contributed by atoms with Gasteiger partial charge in [-0.25, -0.2) is 4.98 Å². The molecule has 0 radical (unpaired) electrons. The van der Waals surface area contributed by atoms with Crippen molar-refractivity contribution in [2.24, 2.45) is 0 Å². The number of likely N-dealkylation sites (N-methyl/N-ethyl adjacent to an activating group) is 1. The van der Waals surface area contributed by atoms with Gasteiger partial charge in [-0.15, -0.1) is 0 Å². The lowest BCUT2D eigenvalue weighted by atomic mass is 10.1. The number of hydrogen-bond donors (Lipinski definition) is 0. The van der Waals surface area contributed by atoms with Crippen LogP contribution >= 0.6 is 0 Å². The predicted molar refractivity (Wildman–Crippen MR) is 109 cm³/mol. The third-order valence-corrected chi connectivity index (χ3v) is 4.97. The van der Waals surface area contributed by atoms with Crippen molar-refractivity contribution in [1.82, 2.24) is 14.9 Å². The highest BCUT2D eigenvalue weighted by Crippen LogP contribution is 2.27. The summed E-state index contributed by atoms with van der Waals surface area (Å²) in [4.78, 5) is 14.3. The molecule has 0 N–H and O–H groups in total. The maximum Gasteiger partial charge on any atom is 0.137 e. The molecular weight excluding hydrogens is 320 g/mol. The molecule has 132 valence electrons. The molecular formula is C22H24N4. The van der Waals surface area contributed by atoms with Gasteiger partial charge in [0.05, 0.1) is 11.4 Å². The Morgan fingerprint density at radius 1 is 0.923 bits per heavy atom. The number of aromatic nitrogens is 2. The Kier molecular flexibility index (Phi) is 4.93. The Labute approximate surface area is 154 Å². The minimum Gasteiger partial charge on any atom is -0.354 e. The first kappa shape index (κ1) is 16.7. The van der Waals surface area contributed by atoms with E-state index in [2.05, 4.69) is 58.1 Å². The van der Waals surface area contributed by atoms with Crippen LogP contribution in [0.2, 0.25) is 0 Å². The number of nitrogens with zero attached hydrogens (tertiary/aromatic N) is 4. The lowest BCUT2D eigenvalue weighted by Crippen LogP contribution is -2.46. The number of rotatable bonds is 4. The Balaban J connectivity index is 1.68. The minimum atomic E-state index is 0.945. The molecule has 0 aliphatic carbocycles. The first-order chi connectivity index (χ1) is 12.8. The van der Waals surface area contributed by atoms with Crippen LogP contribution in [0, 0.1) is 0 Å². The fraction of sp³-hybridized carbons (Fsp3) is 0.273. The van der Waals surface area contributed by atoms with Gasteiger partial charge in [0.15, 0.2) is 0 Å². The molecule has 4 rings (SSSR count). The molecule has 0 bridgehead atoms. The number of piperazine rings is 1. The summed E-state index contributed by atoms with van der Waals surface area (Å²) in [6.07, 6.45) is 5.89. The zero-order chi connectivity index (χ0) is 17.8. The highest BCUT2D eigenvalue weighted by atomic mass is 15.3. The van der Waals surface area contributed by atoms with Gasteiger partial charge in [-0.05, 0) is 42.3 Å². The summed E-state index contributed by atoms with van der Waals surface area (Å²) in [7, 11) is 0. The van der Waals surface area contributed by atoms with E-state index in [4.69, 9.17) is 4.98 Å². The molecule has 2 aromatic heterocycles. The quantitative estimate of drug-likeness (QED) is 0.717. The molecule has 0 amide bonds. The summed E-state index contributed by atoms with van der Waals surface area (Å²) in [6.45, 7) is 7.60. The van der Waals surface area contributed by atoms with Gasteiger partial charge in [-0.1, -0.05) is 37.3 Å². The first-order valence-corrected chi connectivity index (χ1v) is 9.29. The van der Waals surface area contributed by atoms with Crippen LogP contribution in [0.25, 0.3) is 22.9 Å². The van der Waals surface area contributed by atoms with E-state index in [0.717, 1.165) is 49.9 Å². The third kappa shape index (κ3) is 3.60. The monoisotopic (exact) mass is 344 g/mol. The summed E-state index contributed by atoms with van der Waals surface area (Å²) >= 11 is 0. The van der Waals surface area contributed by atoms with Crippen LogP contribution in [-0.4, -0.2) is 47.6 Å². The van der Waals surface area contributed by atoms with Crippen molar-refractivity contribution >= 4 is 28.7 Å². The SMILES string of the molecule is CCN1CCN(c2nc(/C=C/c3ccccn3)cc3ccccc23)CC1. The van der Waals surface area contributed by atoms with Crippen LogP contribution in [0.15, 0.2) is 54.7 Å². The molecule has 0 saturated carbocycles. The number of pyridine rings is 2. The van der Waals surface area contributed by atoms with E-state index in [1.165, 1.54) is 10.8 Å². The molecule has 1 fully saturated rings. The van der Waals surface area contributed by atoms with Gasteiger partial charge in [-0.3, -0.25) is 4.98 Å². The van der Waals surface area contributed by atoms with Crippen LogP contribution in [0.1, 0.15) is 18.3 Å². The maximum atomic E-state index is 4.98. The summed E-state index contributed by atoms with van der Waals surface area (Å²) in [5.41, 5.74) is 1.92. The van der Waals surface area contributed by atoms with E-state index in [1.54, 1.807) is 0 Å². The van der Waals surface area contributed by atoms with Gasteiger partial charge in [-0.2, -0.15) is 0 Å². The molecule has 4 heteroatoms. The lowest BCUT2D eigenvalue weighted by Gasteiger charge is -2.35. The molecule has 4 nitrogen and oxygen atoms in total. The van der Waals surface area contributed by atoms with E-state index in [9.17, 15) is 0 Å². The highest BCUT2D eigenvalue weighted by molar-refractivity contribution is 5.94. The topological polar surface area (TPSA) is 32.3 Å². The number of hydrogen-bond acceptors (Lipinski definition) is 4. The van der Waals surface area contributed by atoms with Gasteiger partial charge in [0.25, 0.3) is 0 Å². The van der Waals surface area contributed by atoms with E-state index < -0.39 is 0 Å². The zero-order valence-corrected chi connectivity index (χ0v) is 15.2. The second kappa shape index (κ2) is 7.67. The average Bonchev–Trinajstić information content (AvgIpc) is 2.72. The van der Waals surface area contributed by atoms with Crippen molar-refractivity contribution in [3.05, 3.63) is 66.1 Å². The molecule has 1 aromatic carbocycles. The van der Waals surface area contributed by atoms with Crippen molar-refractivity contribution in [3.8, 4) is 0 Å². The standard InChI is InChI=1S/C22H24N4/c1-2-25-13-15-26(16-14-25)22-21-9-4-3-7-18(21)17-20(24-22)11-10-19-8-5-6-12-23-19/h3-12,17H,2,13-16H2,1H3/b11-10+. The van der Waals surface area contributed by atoms with Gasteiger partial charge < -0.3 is 9.80 Å². The lowest BCUT2D eigenvalue weighted by molar-refractivity contribution is 0.271. The summed E-state index contributed by atoms with van der Waals surface area (Å²) in [5, 5.41) is 2.46. The van der Waals surface area contributed by atoms with E-state index in [1.807, 2.05) is 30.5 Å². The summed E-state index contributed by atoms with van der Waals surface area (Å²) in [6, 6.07) is 16.6. The first-order valence-electron chi connectivity index (χ1n) is 9.29. The van der Waals surface area contributed by atoms with Crippen molar-refractivity contribution in [3.63, 3.8) is 0 Å². The van der Waals surface area contributed by atoms with Crippen LogP contribution in [0.3, 0.4) is 0 Å². The Morgan fingerprint density at radius 2 is 1.69 bits per heavy atom. The molecule has 1 aliphatic heterocycles. The molecule has 1 aliphatic rings. The van der Waals surface area contributed by atoms with Crippen LogP contribution in [0.5, 0.6) is 0 Å². The zero-order valence-electron chi connectivity index (χ0n) is 15.2. The Hall–Kier alpha value is -2.72. The van der Waals surface area contributed by atoms with Gasteiger partial charge in [0.2, 0.25) is 0 Å². The largest absolute Gasteiger partial charge is 0.354 e. The maximum absolute atomic E-state index is 4.98. The number of fused-ring (bicyclic) bond motifs is 1. The third-order valence-electron chi connectivity index (χ3n) is 4.97. The number of benzene rings is 1. The van der Waals surface area contributed by atoms with Gasteiger partial charge >= 0.3 is 0 Å². The van der Waals surface area contributed by atoms with E-state index >= 15 is 0 Å². The number of anilines is 1.